The minimum absolute atomic E-state index is 0. The molecule has 79 valence electrons. The molecule has 0 nitrogen and oxygen atoms in total. The summed E-state index contributed by atoms with van der Waals surface area (Å²) >= 11 is 0. The summed E-state index contributed by atoms with van der Waals surface area (Å²) in [6.07, 6.45) is 0. The second kappa shape index (κ2) is 13.7. The molecule has 0 spiro atoms. The molecule has 0 aliphatic carbocycles. The van der Waals surface area contributed by atoms with Gasteiger partial charge in [-0.25, -0.2) is 0 Å². The van der Waals surface area contributed by atoms with E-state index in [1.807, 2.05) is 30.3 Å². The van der Waals surface area contributed by atoms with Gasteiger partial charge in [0.2, 0.25) is 0 Å². The maximum atomic E-state index is 3.72. The summed E-state index contributed by atoms with van der Waals surface area (Å²) < 4.78 is 0. The van der Waals surface area contributed by atoms with E-state index in [1.165, 1.54) is 0 Å². The maximum Gasteiger partial charge on any atom is 1.00 e. The molecule has 0 aliphatic heterocycles. The number of hydrogen-bond donors (Lipinski definition) is 0. The van der Waals surface area contributed by atoms with Crippen molar-refractivity contribution in [1.29, 1.82) is 0 Å². The van der Waals surface area contributed by atoms with Crippen molar-refractivity contribution in [3.05, 3.63) is 42.8 Å². The van der Waals surface area contributed by atoms with Crippen molar-refractivity contribution < 1.29 is 68.3 Å². The van der Waals surface area contributed by atoms with Crippen molar-refractivity contribution in [1.82, 2.24) is 0 Å². The van der Waals surface area contributed by atoms with Crippen molar-refractivity contribution in [2.75, 3.05) is 0 Å². The largest absolute Gasteiger partial charge is 1.00 e. The minimum Gasteiger partial charge on any atom is -0.199 e. The van der Waals surface area contributed by atoms with Gasteiger partial charge in [0, 0.05) is 51.2 Å². The number of hydrogen-bond acceptors (Lipinski definition) is 0. The summed E-state index contributed by atoms with van der Waals surface area (Å²) in [7, 11) is 0. The van der Waals surface area contributed by atoms with Crippen molar-refractivity contribution in [3.8, 4) is 0 Å². The molecule has 0 saturated carbocycles. The number of benzene rings is 1. The molecule has 0 bridgehead atoms. The summed E-state index contributed by atoms with van der Waals surface area (Å²) in [5, 5.41) is 0. The van der Waals surface area contributed by atoms with Crippen LogP contribution in [0, 0.1) is 6.92 Å². The molecule has 3 radical (unpaired) electrons. The van der Waals surface area contributed by atoms with Gasteiger partial charge >= 0.3 is 17.1 Å². The fourth-order valence-corrected chi connectivity index (χ4v) is 0.478. The van der Waals surface area contributed by atoms with E-state index in [-0.39, 0.29) is 68.3 Å². The van der Waals surface area contributed by atoms with E-state index in [0.717, 1.165) is 5.56 Å². The molecular weight excluding hydrogens is 338 g/mol. The summed E-state index contributed by atoms with van der Waals surface area (Å²) in [6.45, 7) is 3.72. The van der Waals surface area contributed by atoms with Crippen LogP contribution in [0.5, 0.6) is 0 Å². The Labute approximate surface area is 110 Å². The van der Waals surface area contributed by atoms with Crippen LogP contribution in [-0.4, -0.2) is 0 Å². The monoisotopic (exact) mass is 343 g/mol. The molecule has 0 aliphatic rings. The van der Waals surface area contributed by atoms with Gasteiger partial charge in [-0.1, -0.05) is 6.07 Å². The predicted octanol–water partition coefficient (Wildman–Crippen LogP) is 1.86. The van der Waals surface area contributed by atoms with E-state index < -0.39 is 0 Å². The predicted molar refractivity (Wildman–Crippen MR) is 30.9 cm³/mol. The van der Waals surface area contributed by atoms with Crippen LogP contribution in [0.3, 0.4) is 0 Å². The van der Waals surface area contributed by atoms with E-state index in [2.05, 4.69) is 6.92 Å². The second-order valence-electron chi connectivity index (χ2n) is 1.49. The van der Waals surface area contributed by atoms with Crippen LogP contribution in [-0.2, 0) is 68.3 Å². The Morgan fingerprint density at radius 3 is 1.36 bits per heavy atom. The van der Waals surface area contributed by atoms with Gasteiger partial charge in [-0.3, -0.25) is 0 Å². The quantitative estimate of drug-likeness (QED) is 0.497. The zero-order valence-electron chi connectivity index (χ0n) is 5.30. The molecule has 0 saturated heterocycles. The number of rotatable bonds is 0. The molecule has 4 heteroatoms. The molecule has 1 aromatic carbocycles. The average Bonchev–Trinajstić information content (AvgIpc) is 1.69. The molecule has 0 atom stereocenters. The molecule has 0 unspecified atom stereocenters. The van der Waals surface area contributed by atoms with Crippen LogP contribution >= 0.6 is 0 Å². The summed E-state index contributed by atoms with van der Waals surface area (Å²) in [6, 6.07) is 9.87. The van der Waals surface area contributed by atoms with Gasteiger partial charge < -0.3 is 0 Å². The molecule has 0 amide bonds. The van der Waals surface area contributed by atoms with Crippen molar-refractivity contribution in [2.24, 2.45) is 0 Å². The molecular formula is C7H7Cu4. The Morgan fingerprint density at radius 2 is 1.18 bits per heavy atom. The third-order valence-corrected chi connectivity index (χ3v) is 0.843. The van der Waals surface area contributed by atoms with Crippen molar-refractivity contribution >= 4 is 0 Å². The summed E-state index contributed by atoms with van der Waals surface area (Å²) in [5.41, 5.74) is 1.07. The summed E-state index contributed by atoms with van der Waals surface area (Å²) in [5.74, 6) is 0. The fraction of sp³-hybridized carbons (Fsp3) is 0. The molecule has 0 fully saturated rings. The van der Waals surface area contributed by atoms with Gasteiger partial charge in [-0.05, 0) is 0 Å². The standard InChI is InChI=1S/C7H7.4Cu/c1-7-5-3-2-4-6-7;;;;/h2-6H,1H2;;;;/q-1;;;;+1. The zero-order chi connectivity index (χ0) is 5.11. The first kappa shape index (κ1) is 22.7. The van der Waals surface area contributed by atoms with E-state index in [1.54, 1.807) is 0 Å². The van der Waals surface area contributed by atoms with E-state index in [4.69, 9.17) is 0 Å². The molecule has 1 rings (SSSR count). The normalized spacial score (nSPS) is 5.45. The van der Waals surface area contributed by atoms with Gasteiger partial charge in [0.1, 0.15) is 0 Å². The van der Waals surface area contributed by atoms with Crippen LogP contribution in [0.2, 0.25) is 0 Å². The van der Waals surface area contributed by atoms with E-state index >= 15 is 0 Å². The molecule has 0 N–H and O–H groups in total. The Hall–Kier alpha value is 1.17. The molecule has 1 aromatic rings. The van der Waals surface area contributed by atoms with Crippen LogP contribution in [0.25, 0.3) is 0 Å². The van der Waals surface area contributed by atoms with Crippen LogP contribution in [0.1, 0.15) is 5.56 Å². The Morgan fingerprint density at radius 1 is 0.818 bits per heavy atom. The van der Waals surface area contributed by atoms with Gasteiger partial charge in [0.25, 0.3) is 0 Å². The Bertz CT molecular complexity index is 140. The topological polar surface area (TPSA) is 0 Å². The van der Waals surface area contributed by atoms with Crippen molar-refractivity contribution in [3.63, 3.8) is 0 Å². The first-order valence-electron chi connectivity index (χ1n) is 2.26. The first-order valence-corrected chi connectivity index (χ1v) is 2.26. The summed E-state index contributed by atoms with van der Waals surface area (Å²) in [4.78, 5) is 0. The van der Waals surface area contributed by atoms with Gasteiger partial charge in [0.05, 0.1) is 0 Å². The Kier molecular flexibility index (Phi) is 28.4. The maximum absolute atomic E-state index is 3.72. The SMILES string of the molecule is [CH2-]c1ccccc1.[Cu+].[Cu].[Cu].[Cu]. The zero-order valence-corrected chi connectivity index (χ0v) is 9.07. The van der Waals surface area contributed by atoms with Crippen LogP contribution in [0.15, 0.2) is 30.3 Å². The van der Waals surface area contributed by atoms with Crippen molar-refractivity contribution in [2.45, 2.75) is 0 Å². The molecule has 0 aromatic heterocycles. The third-order valence-electron chi connectivity index (χ3n) is 0.843. The average molecular weight is 345 g/mol. The van der Waals surface area contributed by atoms with Crippen LogP contribution in [0.4, 0.5) is 0 Å². The molecule has 0 heterocycles. The third kappa shape index (κ3) is 11.2. The first-order chi connectivity index (χ1) is 3.39. The van der Waals surface area contributed by atoms with Crippen LogP contribution < -0.4 is 0 Å². The second-order valence-corrected chi connectivity index (χ2v) is 1.49. The Balaban J connectivity index is -0.0000000612. The van der Waals surface area contributed by atoms with Gasteiger partial charge in [-0.2, -0.15) is 24.6 Å². The minimum atomic E-state index is 0. The van der Waals surface area contributed by atoms with Gasteiger partial charge in [-0.15, -0.1) is 12.1 Å². The smallest absolute Gasteiger partial charge is 0.199 e. The van der Waals surface area contributed by atoms with E-state index in [0.29, 0.717) is 0 Å². The molecule has 11 heavy (non-hydrogen) atoms. The van der Waals surface area contributed by atoms with Gasteiger partial charge in [0.15, 0.2) is 0 Å². The fourth-order valence-electron chi connectivity index (χ4n) is 0.478. The van der Waals surface area contributed by atoms with E-state index in [9.17, 15) is 0 Å².